The van der Waals surface area contributed by atoms with Crippen molar-refractivity contribution in [3.63, 3.8) is 0 Å². The van der Waals surface area contributed by atoms with Crippen LogP contribution < -0.4 is 10.1 Å². The van der Waals surface area contributed by atoms with Gasteiger partial charge in [0, 0.05) is 16.8 Å². The number of carbonyl (C=O) groups is 1. The second-order valence-corrected chi connectivity index (χ2v) is 5.74. The summed E-state index contributed by atoms with van der Waals surface area (Å²) in [7, 11) is 1.51. The van der Waals surface area contributed by atoms with Gasteiger partial charge in [-0.3, -0.25) is 4.79 Å². The minimum Gasteiger partial charge on any atom is -0.496 e. The van der Waals surface area contributed by atoms with Crippen LogP contribution in [-0.2, 0) is 16.8 Å². The SMILES string of the molecule is COc1ccc(NC(=O)C(C)(C)c2ccccc2F)cc1CO. The maximum atomic E-state index is 14.0. The summed E-state index contributed by atoms with van der Waals surface area (Å²) >= 11 is 0. The van der Waals surface area contributed by atoms with Gasteiger partial charge < -0.3 is 15.2 Å². The summed E-state index contributed by atoms with van der Waals surface area (Å²) in [5.41, 5.74) is 0.372. The molecule has 0 spiro atoms. The van der Waals surface area contributed by atoms with E-state index in [1.54, 1.807) is 50.2 Å². The number of rotatable bonds is 5. The van der Waals surface area contributed by atoms with Crippen molar-refractivity contribution in [3.05, 3.63) is 59.4 Å². The van der Waals surface area contributed by atoms with Crippen molar-refractivity contribution < 1.29 is 19.0 Å². The zero-order valence-corrected chi connectivity index (χ0v) is 13.4. The average Bonchev–Trinajstić information content (AvgIpc) is 2.54. The molecule has 0 saturated carbocycles. The molecule has 0 aliphatic carbocycles. The second kappa shape index (κ2) is 6.79. The number of hydrogen-bond donors (Lipinski definition) is 2. The lowest BCUT2D eigenvalue weighted by Gasteiger charge is -2.25. The van der Waals surface area contributed by atoms with Gasteiger partial charge in [0.25, 0.3) is 0 Å². The predicted molar refractivity (Wildman–Crippen MR) is 87.0 cm³/mol. The van der Waals surface area contributed by atoms with E-state index in [1.165, 1.54) is 13.2 Å². The number of aliphatic hydroxyl groups is 1. The molecule has 0 aliphatic rings. The van der Waals surface area contributed by atoms with E-state index in [4.69, 9.17) is 4.74 Å². The number of ether oxygens (including phenoxy) is 1. The van der Waals surface area contributed by atoms with Gasteiger partial charge in [0.1, 0.15) is 11.6 Å². The Bertz CT molecular complexity index is 713. The third kappa shape index (κ3) is 3.51. The van der Waals surface area contributed by atoms with Crippen molar-refractivity contribution >= 4 is 11.6 Å². The first-order chi connectivity index (χ1) is 10.9. The fourth-order valence-corrected chi connectivity index (χ4v) is 2.36. The van der Waals surface area contributed by atoms with Gasteiger partial charge >= 0.3 is 0 Å². The highest BCUT2D eigenvalue weighted by Gasteiger charge is 2.32. The molecule has 0 aromatic heterocycles. The highest BCUT2D eigenvalue weighted by atomic mass is 19.1. The van der Waals surface area contributed by atoms with Crippen LogP contribution in [0.4, 0.5) is 10.1 Å². The van der Waals surface area contributed by atoms with Gasteiger partial charge in [-0.25, -0.2) is 4.39 Å². The molecule has 0 saturated heterocycles. The van der Waals surface area contributed by atoms with Gasteiger partial charge in [0.05, 0.1) is 19.1 Å². The molecule has 0 atom stereocenters. The number of hydrogen-bond acceptors (Lipinski definition) is 3. The Labute approximate surface area is 134 Å². The molecule has 23 heavy (non-hydrogen) atoms. The summed E-state index contributed by atoms with van der Waals surface area (Å²) < 4.78 is 19.1. The van der Waals surface area contributed by atoms with Gasteiger partial charge in [0.15, 0.2) is 0 Å². The topological polar surface area (TPSA) is 58.6 Å². The average molecular weight is 317 g/mol. The van der Waals surface area contributed by atoms with Gasteiger partial charge in [-0.1, -0.05) is 18.2 Å². The third-order valence-electron chi connectivity index (χ3n) is 3.82. The molecule has 5 heteroatoms. The second-order valence-electron chi connectivity index (χ2n) is 5.74. The van der Waals surface area contributed by atoms with Crippen LogP contribution >= 0.6 is 0 Å². The number of amides is 1. The van der Waals surface area contributed by atoms with Crippen molar-refractivity contribution in [3.8, 4) is 5.75 Å². The van der Waals surface area contributed by atoms with Crippen molar-refractivity contribution in [2.75, 3.05) is 12.4 Å². The molecule has 0 unspecified atom stereocenters. The number of nitrogens with one attached hydrogen (secondary N) is 1. The number of methoxy groups -OCH3 is 1. The molecule has 0 aliphatic heterocycles. The highest BCUT2D eigenvalue weighted by Crippen LogP contribution is 2.28. The summed E-state index contributed by atoms with van der Waals surface area (Å²) in [4.78, 5) is 12.6. The van der Waals surface area contributed by atoms with E-state index in [2.05, 4.69) is 5.32 Å². The Kier molecular flexibility index (Phi) is 5.01. The van der Waals surface area contributed by atoms with Crippen LogP contribution in [0.1, 0.15) is 25.0 Å². The van der Waals surface area contributed by atoms with Gasteiger partial charge in [-0.2, -0.15) is 0 Å². The van der Waals surface area contributed by atoms with E-state index >= 15 is 0 Å². The molecule has 0 bridgehead atoms. The Balaban J connectivity index is 2.26. The van der Waals surface area contributed by atoms with Crippen LogP contribution in [0, 0.1) is 5.82 Å². The van der Waals surface area contributed by atoms with Crippen LogP contribution in [0.2, 0.25) is 0 Å². The minimum atomic E-state index is -1.04. The molecule has 1 amide bonds. The summed E-state index contributed by atoms with van der Waals surface area (Å²) in [6, 6.07) is 11.2. The molecule has 2 aromatic carbocycles. The normalized spacial score (nSPS) is 11.2. The van der Waals surface area contributed by atoms with Gasteiger partial charge in [-0.15, -0.1) is 0 Å². The Morgan fingerprint density at radius 1 is 1.26 bits per heavy atom. The van der Waals surface area contributed by atoms with Gasteiger partial charge in [-0.05, 0) is 38.1 Å². The maximum absolute atomic E-state index is 14.0. The highest BCUT2D eigenvalue weighted by molar-refractivity contribution is 5.98. The Morgan fingerprint density at radius 3 is 2.57 bits per heavy atom. The third-order valence-corrected chi connectivity index (χ3v) is 3.82. The van der Waals surface area contributed by atoms with Crippen LogP contribution in [0.5, 0.6) is 5.75 Å². The first-order valence-electron chi connectivity index (χ1n) is 7.24. The molecule has 2 rings (SSSR count). The quantitative estimate of drug-likeness (QED) is 0.890. The van der Waals surface area contributed by atoms with E-state index in [-0.39, 0.29) is 12.5 Å². The van der Waals surface area contributed by atoms with Gasteiger partial charge in [0.2, 0.25) is 5.91 Å². The summed E-state index contributed by atoms with van der Waals surface area (Å²) in [5.74, 6) is -0.214. The molecule has 0 fully saturated rings. The lowest BCUT2D eigenvalue weighted by molar-refractivity contribution is -0.120. The van der Waals surface area contributed by atoms with E-state index in [0.717, 1.165) is 0 Å². The molecule has 0 radical (unpaired) electrons. The lowest BCUT2D eigenvalue weighted by atomic mass is 9.83. The molecule has 4 nitrogen and oxygen atoms in total. The van der Waals surface area contributed by atoms with Crippen molar-refractivity contribution in [2.45, 2.75) is 25.9 Å². The first kappa shape index (κ1) is 17.0. The van der Waals surface area contributed by atoms with Crippen LogP contribution in [-0.4, -0.2) is 18.1 Å². The monoisotopic (exact) mass is 317 g/mol. The summed E-state index contributed by atoms with van der Waals surface area (Å²) in [6.45, 7) is 3.12. The number of aliphatic hydroxyl groups excluding tert-OH is 1. The van der Waals surface area contributed by atoms with E-state index in [0.29, 0.717) is 22.6 Å². The van der Waals surface area contributed by atoms with Crippen LogP contribution in [0.15, 0.2) is 42.5 Å². The number of halogens is 1. The number of benzene rings is 2. The maximum Gasteiger partial charge on any atom is 0.234 e. The molecule has 122 valence electrons. The fraction of sp³-hybridized carbons (Fsp3) is 0.278. The fourth-order valence-electron chi connectivity index (χ4n) is 2.36. The van der Waals surface area contributed by atoms with Crippen molar-refractivity contribution in [1.82, 2.24) is 0 Å². The van der Waals surface area contributed by atoms with Crippen LogP contribution in [0.3, 0.4) is 0 Å². The predicted octanol–water partition coefficient (Wildman–Crippen LogP) is 3.24. The van der Waals surface area contributed by atoms with Crippen LogP contribution in [0.25, 0.3) is 0 Å². The smallest absolute Gasteiger partial charge is 0.234 e. The van der Waals surface area contributed by atoms with E-state index in [1.807, 2.05) is 0 Å². The molecular formula is C18H20FNO3. The Morgan fingerprint density at radius 2 is 1.96 bits per heavy atom. The minimum absolute atomic E-state index is 0.205. The largest absolute Gasteiger partial charge is 0.496 e. The Hall–Kier alpha value is -2.40. The lowest BCUT2D eigenvalue weighted by Crippen LogP contribution is -2.35. The zero-order valence-electron chi connectivity index (χ0n) is 13.4. The molecule has 2 N–H and O–H groups in total. The number of anilines is 1. The van der Waals surface area contributed by atoms with Crippen molar-refractivity contribution in [2.24, 2.45) is 0 Å². The molecule has 0 heterocycles. The zero-order chi connectivity index (χ0) is 17.0. The first-order valence-corrected chi connectivity index (χ1v) is 7.24. The number of carbonyl (C=O) groups excluding carboxylic acids is 1. The standard InChI is InChI=1S/C18H20FNO3/c1-18(2,14-6-4-5-7-15(14)19)17(22)20-13-8-9-16(23-3)12(10-13)11-21/h4-10,21H,11H2,1-3H3,(H,20,22). The summed E-state index contributed by atoms with van der Waals surface area (Å²) in [5, 5.41) is 12.1. The molecule has 2 aromatic rings. The summed E-state index contributed by atoms with van der Waals surface area (Å²) in [6.07, 6.45) is 0. The van der Waals surface area contributed by atoms with E-state index < -0.39 is 11.2 Å². The van der Waals surface area contributed by atoms with Crippen molar-refractivity contribution in [1.29, 1.82) is 0 Å². The molecular weight excluding hydrogens is 297 g/mol. The van der Waals surface area contributed by atoms with E-state index in [9.17, 15) is 14.3 Å².